The zero-order chi connectivity index (χ0) is 27.9. The Hall–Kier alpha value is -0.850. The van der Waals surface area contributed by atoms with Crippen LogP contribution in [0.4, 0.5) is 0 Å². The summed E-state index contributed by atoms with van der Waals surface area (Å²) in [5.41, 5.74) is 1.53. The van der Waals surface area contributed by atoms with Gasteiger partial charge in [0.1, 0.15) is 6.54 Å². The average Bonchev–Trinajstić information content (AvgIpc) is 2.96. The maximum absolute atomic E-state index is 2.40. The molecule has 0 spiro atoms. The second-order valence-corrected chi connectivity index (χ2v) is 12.7. The monoisotopic (exact) mass is 543 g/mol. The summed E-state index contributed by atoms with van der Waals surface area (Å²) in [6, 6.07) is 4.74. The highest BCUT2D eigenvalue weighted by molar-refractivity contribution is 5.07. The summed E-state index contributed by atoms with van der Waals surface area (Å²) in [6.07, 6.45) is 47.7. The van der Waals surface area contributed by atoms with Gasteiger partial charge < -0.3 is 0 Å². The van der Waals surface area contributed by atoms with Crippen molar-refractivity contribution in [3.05, 3.63) is 30.1 Å². The molecule has 1 rings (SSSR count). The first-order valence-corrected chi connectivity index (χ1v) is 18.3. The van der Waals surface area contributed by atoms with E-state index < -0.39 is 0 Å². The van der Waals surface area contributed by atoms with E-state index in [2.05, 4.69) is 42.9 Å². The van der Waals surface area contributed by atoms with Crippen LogP contribution in [0.2, 0.25) is 0 Å². The molecule has 0 aromatic carbocycles. The SMILES string of the molecule is CCCCCCCCCCCCCCCCCCCc1cc[n+](CCCCCCCCCCCCCC)cc1. The van der Waals surface area contributed by atoms with Gasteiger partial charge in [-0.05, 0) is 24.8 Å². The second kappa shape index (κ2) is 30.1. The summed E-state index contributed by atoms with van der Waals surface area (Å²) in [5, 5.41) is 0. The van der Waals surface area contributed by atoms with E-state index >= 15 is 0 Å². The minimum Gasteiger partial charge on any atom is -0.205 e. The smallest absolute Gasteiger partial charge is 0.169 e. The van der Waals surface area contributed by atoms with Gasteiger partial charge in [-0.3, -0.25) is 0 Å². The van der Waals surface area contributed by atoms with E-state index in [9.17, 15) is 0 Å². The molecule has 1 nitrogen and oxygen atoms in total. The van der Waals surface area contributed by atoms with E-state index in [0.717, 1.165) is 0 Å². The first-order chi connectivity index (χ1) is 19.4. The molecular formula is C38H72N+. The minimum atomic E-state index is 1.19. The Labute approximate surface area is 247 Å². The van der Waals surface area contributed by atoms with E-state index in [-0.39, 0.29) is 0 Å². The molecule has 1 aromatic rings. The lowest BCUT2D eigenvalue weighted by atomic mass is 10.0. The lowest BCUT2D eigenvalue weighted by Crippen LogP contribution is -2.32. The van der Waals surface area contributed by atoms with Crippen LogP contribution in [0.1, 0.15) is 206 Å². The highest BCUT2D eigenvalue weighted by Crippen LogP contribution is 2.15. The highest BCUT2D eigenvalue weighted by Gasteiger charge is 2.02. The number of aromatic nitrogens is 1. The zero-order valence-corrected chi connectivity index (χ0v) is 27.2. The van der Waals surface area contributed by atoms with Crippen LogP contribution >= 0.6 is 0 Å². The molecular weight excluding hydrogens is 470 g/mol. The van der Waals surface area contributed by atoms with Gasteiger partial charge in [0.2, 0.25) is 0 Å². The summed E-state index contributed by atoms with van der Waals surface area (Å²) < 4.78 is 2.40. The molecule has 0 saturated carbocycles. The molecule has 0 aliphatic rings. The molecule has 1 heterocycles. The Morgan fingerprint density at radius 3 is 0.974 bits per heavy atom. The third-order valence-electron chi connectivity index (χ3n) is 8.80. The molecule has 0 aliphatic heterocycles. The first kappa shape index (κ1) is 36.2. The molecule has 0 unspecified atom stereocenters. The second-order valence-electron chi connectivity index (χ2n) is 12.7. The van der Waals surface area contributed by atoms with Crippen LogP contribution in [-0.4, -0.2) is 0 Å². The van der Waals surface area contributed by atoms with Gasteiger partial charge in [-0.15, -0.1) is 0 Å². The van der Waals surface area contributed by atoms with Crippen molar-refractivity contribution >= 4 is 0 Å². The van der Waals surface area contributed by atoms with E-state index in [4.69, 9.17) is 0 Å². The summed E-state index contributed by atoms with van der Waals surface area (Å²) in [6.45, 7) is 5.80. The zero-order valence-electron chi connectivity index (χ0n) is 27.2. The molecule has 228 valence electrons. The van der Waals surface area contributed by atoms with E-state index in [0.29, 0.717) is 0 Å². The number of nitrogens with zero attached hydrogens (tertiary/aromatic N) is 1. The minimum absolute atomic E-state index is 1.19. The maximum atomic E-state index is 2.40. The van der Waals surface area contributed by atoms with Crippen molar-refractivity contribution in [2.24, 2.45) is 0 Å². The maximum Gasteiger partial charge on any atom is 0.169 e. The van der Waals surface area contributed by atoms with Gasteiger partial charge in [0.05, 0.1) is 0 Å². The van der Waals surface area contributed by atoms with Gasteiger partial charge in [0.15, 0.2) is 12.4 Å². The lowest BCUT2D eigenvalue weighted by Gasteiger charge is -2.04. The fourth-order valence-electron chi connectivity index (χ4n) is 5.99. The highest BCUT2D eigenvalue weighted by atomic mass is 14.9. The average molecular weight is 543 g/mol. The fourth-order valence-corrected chi connectivity index (χ4v) is 5.99. The summed E-state index contributed by atoms with van der Waals surface area (Å²) in [5.74, 6) is 0. The number of aryl methyl sites for hydroxylation is 2. The molecule has 39 heavy (non-hydrogen) atoms. The third-order valence-corrected chi connectivity index (χ3v) is 8.80. The van der Waals surface area contributed by atoms with Crippen LogP contribution in [0, 0.1) is 0 Å². The van der Waals surface area contributed by atoms with E-state index in [1.165, 1.54) is 205 Å². The van der Waals surface area contributed by atoms with Gasteiger partial charge in [-0.2, -0.15) is 0 Å². The normalized spacial score (nSPS) is 11.4. The number of hydrogen-bond acceptors (Lipinski definition) is 0. The Bertz CT molecular complexity index is 577. The van der Waals surface area contributed by atoms with Crippen molar-refractivity contribution < 1.29 is 4.57 Å². The van der Waals surface area contributed by atoms with Gasteiger partial charge >= 0.3 is 0 Å². The van der Waals surface area contributed by atoms with Crippen LogP contribution in [0.25, 0.3) is 0 Å². The molecule has 1 heteroatoms. The quantitative estimate of drug-likeness (QED) is 0.0648. The van der Waals surface area contributed by atoms with Gasteiger partial charge in [0.25, 0.3) is 0 Å². The molecule has 0 bridgehead atoms. The Balaban J connectivity index is 1.82. The molecule has 0 aliphatic carbocycles. The molecule has 1 aromatic heterocycles. The first-order valence-electron chi connectivity index (χ1n) is 18.3. The van der Waals surface area contributed by atoms with Crippen LogP contribution in [0.3, 0.4) is 0 Å². The molecule has 0 N–H and O–H groups in total. The van der Waals surface area contributed by atoms with Gasteiger partial charge in [-0.25, -0.2) is 4.57 Å². The van der Waals surface area contributed by atoms with Crippen LogP contribution in [0.5, 0.6) is 0 Å². The Morgan fingerprint density at radius 2 is 0.641 bits per heavy atom. The summed E-state index contributed by atoms with van der Waals surface area (Å²) >= 11 is 0. The topological polar surface area (TPSA) is 3.88 Å². The summed E-state index contributed by atoms with van der Waals surface area (Å²) in [7, 11) is 0. The van der Waals surface area contributed by atoms with Crippen LogP contribution < -0.4 is 4.57 Å². The van der Waals surface area contributed by atoms with E-state index in [1.54, 1.807) is 0 Å². The van der Waals surface area contributed by atoms with Crippen molar-refractivity contribution in [1.82, 2.24) is 0 Å². The van der Waals surface area contributed by atoms with Crippen LogP contribution in [0.15, 0.2) is 24.5 Å². The van der Waals surface area contributed by atoms with Gasteiger partial charge in [0, 0.05) is 18.6 Å². The van der Waals surface area contributed by atoms with Crippen molar-refractivity contribution in [3.63, 3.8) is 0 Å². The predicted molar refractivity (Wildman–Crippen MR) is 176 cm³/mol. The Kier molecular flexibility index (Phi) is 27.9. The van der Waals surface area contributed by atoms with Crippen molar-refractivity contribution in [3.8, 4) is 0 Å². The third kappa shape index (κ3) is 25.8. The lowest BCUT2D eigenvalue weighted by molar-refractivity contribution is -0.697. The number of hydrogen-bond donors (Lipinski definition) is 0. The van der Waals surface area contributed by atoms with Gasteiger partial charge in [-0.1, -0.05) is 181 Å². The van der Waals surface area contributed by atoms with Crippen molar-refractivity contribution in [2.75, 3.05) is 0 Å². The number of unbranched alkanes of at least 4 members (excludes halogenated alkanes) is 27. The predicted octanol–water partition coefficient (Wildman–Crippen LogP) is 12.9. The number of pyridine rings is 1. The van der Waals surface area contributed by atoms with Crippen LogP contribution in [-0.2, 0) is 13.0 Å². The number of rotatable bonds is 31. The standard InChI is InChI=1S/C38H72N/c1-3-5-7-9-11-13-15-17-18-19-20-21-22-24-26-28-30-32-38-33-36-39(37-34-38)35-31-29-27-25-23-16-14-12-10-8-6-4-2/h33-34,36-37H,3-32,35H2,1-2H3/q+1. The molecule has 0 amide bonds. The van der Waals surface area contributed by atoms with E-state index in [1.807, 2.05) is 0 Å². The molecule has 0 radical (unpaired) electrons. The largest absolute Gasteiger partial charge is 0.205 e. The van der Waals surface area contributed by atoms with Crippen molar-refractivity contribution in [2.45, 2.75) is 213 Å². The van der Waals surface area contributed by atoms with Crippen molar-refractivity contribution in [1.29, 1.82) is 0 Å². The molecule has 0 fully saturated rings. The fraction of sp³-hybridized carbons (Fsp3) is 0.868. The Morgan fingerprint density at radius 1 is 0.359 bits per heavy atom. The summed E-state index contributed by atoms with van der Waals surface area (Å²) in [4.78, 5) is 0. The molecule has 0 atom stereocenters. The molecule has 0 saturated heterocycles.